The van der Waals surface area contributed by atoms with E-state index in [4.69, 9.17) is 11.6 Å². The van der Waals surface area contributed by atoms with Crippen LogP contribution < -0.4 is 0 Å². The molecule has 2 aliphatic rings. The van der Waals surface area contributed by atoms with Crippen molar-refractivity contribution in [3.63, 3.8) is 0 Å². The van der Waals surface area contributed by atoms with E-state index in [0.717, 1.165) is 0 Å². The predicted octanol–water partition coefficient (Wildman–Crippen LogP) is 0.0770. The summed E-state index contributed by atoms with van der Waals surface area (Å²) in [4.78, 5) is 38.3. The highest BCUT2D eigenvalue weighted by Crippen LogP contribution is 2.33. The molecule has 0 aromatic carbocycles. The van der Waals surface area contributed by atoms with Crippen LogP contribution in [0.25, 0.3) is 0 Å². The molecule has 0 aliphatic carbocycles. The second kappa shape index (κ2) is 4.29. The molecule has 2 saturated heterocycles. The van der Waals surface area contributed by atoms with Crippen LogP contribution in [0.4, 0.5) is 0 Å². The summed E-state index contributed by atoms with van der Waals surface area (Å²) in [5.74, 6) is -1.23. The number of carbonyl (C=O) groups excluding carboxylic acids is 3. The van der Waals surface area contributed by atoms with Gasteiger partial charge in [0.2, 0.25) is 17.7 Å². The lowest BCUT2D eigenvalue weighted by atomic mass is 10.00. The van der Waals surface area contributed by atoms with E-state index in [-0.39, 0.29) is 29.6 Å². The largest absolute Gasteiger partial charge is 0.340 e. The molecule has 0 saturated carbocycles. The summed E-state index contributed by atoms with van der Waals surface area (Å²) in [6.07, 6.45) is 0. The smallest absolute Gasteiger partial charge is 0.240 e. The summed E-state index contributed by atoms with van der Waals surface area (Å²) in [7, 11) is 0. The number of carbonyl (C=O) groups is 3. The number of nitrogens with zero attached hydrogens (tertiary/aromatic N) is 2. The minimum absolute atomic E-state index is 0.153. The van der Waals surface area contributed by atoms with E-state index in [1.807, 2.05) is 0 Å². The van der Waals surface area contributed by atoms with Crippen molar-refractivity contribution in [3.8, 4) is 0 Å². The minimum Gasteiger partial charge on any atom is -0.340 e. The zero-order chi connectivity index (χ0) is 12.7. The van der Waals surface area contributed by atoms with Crippen LogP contribution >= 0.6 is 11.6 Å². The molecule has 0 spiro atoms. The van der Waals surface area contributed by atoms with Crippen LogP contribution in [0, 0.1) is 11.8 Å². The highest BCUT2D eigenvalue weighted by molar-refractivity contribution is 6.30. The second-order valence-electron chi connectivity index (χ2n) is 4.49. The minimum atomic E-state index is -0.610. The van der Waals surface area contributed by atoms with Gasteiger partial charge >= 0.3 is 0 Å². The third kappa shape index (κ3) is 1.82. The molecule has 0 radical (unpaired) electrons. The maximum absolute atomic E-state index is 11.9. The summed E-state index contributed by atoms with van der Waals surface area (Å²) in [6, 6.07) is 0. The number of fused-ring (bicyclic) bond motifs is 1. The van der Waals surface area contributed by atoms with E-state index in [0.29, 0.717) is 19.6 Å². The number of hydrogen-bond acceptors (Lipinski definition) is 3. The van der Waals surface area contributed by atoms with E-state index >= 15 is 0 Å². The van der Waals surface area contributed by atoms with Crippen LogP contribution in [0.5, 0.6) is 0 Å². The van der Waals surface area contributed by atoms with Crippen molar-refractivity contribution in [2.75, 3.05) is 19.6 Å². The van der Waals surface area contributed by atoms with Gasteiger partial charge in [-0.2, -0.15) is 0 Å². The topological polar surface area (TPSA) is 57.7 Å². The summed E-state index contributed by atoms with van der Waals surface area (Å²) < 4.78 is 0. The molecule has 2 fully saturated rings. The Morgan fingerprint density at radius 1 is 1.35 bits per heavy atom. The fourth-order valence-corrected chi connectivity index (χ4v) is 2.69. The Morgan fingerprint density at radius 3 is 2.18 bits per heavy atom. The van der Waals surface area contributed by atoms with Gasteiger partial charge in [0.05, 0.1) is 11.8 Å². The van der Waals surface area contributed by atoms with Gasteiger partial charge in [0.25, 0.3) is 0 Å². The van der Waals surface area contributed by atoms with Crippen molar-refractivity contribution in [3.05, 3.63) is 0 Å². The number of likely N-dealkylation sites (tertiary alicyclic amines) is 2. The molecule has 2 rings (SSSR count). The van der Waals surface area contributed by atoms with Crippen molar-refractivity contribution in [2.45, 2.75) is 19.2 Å². The summed E-state index contributed by atoms with van der Waals surface area (Å²) in [5.41, 5.74) is 0. The van der Waals surface area contributed by atoms with Gasteiger partial charge in [-0.15, -0.1) is 11.6 Å². The third-order valence-electron chi connectivity index (χ3n) is 3.45. The van der Waals surface area contributed by atoms with E-state index in [1.165, 1.54) is 9.80 Å². The lowest BCUT2D eigenvalue weighted by Crippen LogP contribution is -2.39. The van der Waals surface area contributed by atoms with Crippen LogP contribution in [-0.2, 0) is 14.4 Å². The van der Waals surface area contributed by atoms with E-state index < -0.39 is 5.38 Å². The number of imide groups is 1. The summed E-state index contributed by atoms with van der Waals surface area (Å²) >= 11 is 5.72. The Kier molecular flexibility index (Phi) is 3.12. The fraction of sp³-hybridized carbons (Fsp3) is 0.727. The monoisotopic (exact) mass is 258 g/mol. The van der Waals surface area contributed by atoms with Gasteiger partial charge in [-0.1, -0.05) is 0 Å². The average Bonchev–Trinajstić information content (AvgIpc) is 2.80. The Balaban J connectivity index is 2.13. The second-order valence-corrected chi connectivity index (χ2v) is 5.15. The molecule has 6 heteroatoms. The first-order valence-corrected chi connectivity index (χ1v) is 6.19. The van der Waals surface area contributed by atoms with Crippen molar-refractivity contribution in [2.24, 2.45) is 11.8 Å². The van der Waals surface area contributed by atoms with Crippen molar-refractivity contribution >= 4 is 29.3 Å². The zero-order valence-electron chi connectivity index (χ0n) is 9.85. The normalized spacial score (nSPS) is 29.8. The first-order valence-electron chi connectivity index (χ1n) is 5.75. The van der Waals surface area contributed by atoms with Gasteiger partial charge in [-0.05, 0) is 13.8 Å². The SMILES string of the molecule is CCN1C(=O)[C@H]2CN(C(=O)[C@@H](C)Cl)C[C@H]2C1=O. The fourth-order valence-electron chi connectivity index (χ4n) is 2.56. The van der Waals surface area contributed by atoms with Gasteiger partial charge in [0.1, 0.15) is 5.38 Å². The maximum atomic E-state index is 11.9. The molecule has 0 aromatic heterocycles. The Bertz CT molecular complexity index is 359. The van der Waals surface area contributed by atoms with Crippen molar-refractivity contribution in [1.82, 2.24) is 9.80 Å². The van der Waals surface area contributed by atoms with Gasteiger partial charge in [-0.25, -0.2) is 0 Å². The number of amides is 3. The molecule has 0 unspecified atom stereocenters. The zero-order valence-corrected chi connectivity index (χ0v) is 10.6. The summed E-state index contributed by atoms with van der Waals surface area (Å²) in [6.45, 7) is 4.42. The van der Waals surface area contributed by atoms with E-state index in [2.05, 4.69) is 0 Å². The van der Waals surface area contributed by atoms with Crippen LogP contribution in [-0.4, -0.2) is 52.5 Å². The van der Waals surface area contributed by atoms with E-state index in [1.54, 1.807) is 13.8 Å². The highest BCUT2D eigenvalue weighted by atomic mass is 35.5. The predicted molar refractivity (Wildman–Crippen MR) is 61.3 cm³/mol. The van der Waals surface area contributed by atoms with Crippen molar-refractivity contribution < 1.29 is 14.4 Å². The number of rotatable bonds is 2. The molecular formula is C11H15ClN2O3. The standard InChI is InChI=1S/C11H15ClN2O3/c1-3-14-10(16)7-4-13(9(15)6(2)12)5-8(7)11(14)17/h6-8H,3-5H2,1-2H3/t6-,7-,8+/m1/s1. The molecule has 0 N–H and O–H groups in total. The first kappa shape index (κ1) is 12.4. The van der Waals surface area contributed by atoms with Gasteiger partial charge in [0, 0.05) is 19.6 Å². The molecule has 0 bridgehead atoms. The maximum Gasteiger partial charge on any atom is 0.240 e. The Morgan fingerprint density at radius 2 is 1.82 bits per heavy atom. The molecule has 0 aromatic rings. The molecule has 2 heterocycles. The molecule has 3 amide bonds. The van der Waals surface area contributed by atoms with E-state index in [9.17, 15) is 14.4 Å². The Hall–Kier alpha value is -1.10. The molecule has 5 nitrogen and oxygen atoms in total. The van der Waals surface area contributed by atoms with Crippen LogP contribution in [0.15, 0.2) is 0 Å². The quantitative estimate of drug-likeness (QED) is 0.521. The molecular weight excluding hydrogens is 244 g/mol. The van der Waals surface area contributed by atoms with Crippen LogP contribution in [0.1, 0.15) is 13.8 Å². The lowest BCUT2D eigenvalue weighted by Gasteiger charge is -2.20. The van der Waals surface area contributed by atoms with Gasteiger partial charge in [-0.3, -0.25) is 19.3 Å². The molecule has 3 atom stereocenters. The first-order chi connectivity index (χ1) is 7.97. The molecule has 2 aliphatic heterocycles. The number of hydrogen-bond donors (Lipinski definition) is 0. The Labute approximate surface area is 105 Å². The molecule has 17 heavy (non-hydrogen) atoms. The van der Waals surface area contributed by atoms with Crippen LogP contribution in [0.2, 0.25) is 0 Å². The lowest BCUT2D eigenvalue weighted by molar-refractivity contribution is -0.140. The van der Waals surface area contributed by atoms with Gasteiger partial charge in [0.15, 0.2) is 0 Å². The number of halogens is 1. The van der Waals surface area contributed by atoms with Crippen molar-refractivity contribution in [1.29, 1.82) is 0 Å². The van der Waals surface area contributed by atoms with Crippen LogP contribution in [0.3, 0.4) is 0 Å². The highest BCUT2D eigenvalue weighted by Gasteiger charge is 2.52. The number of alkyl halides is 1. The summed E-state index contributed by atoms with van der Waals surface area (Å²) in [5, 5.41) is -0.610. The third-order valence-corrected chi connectivity index (χ3v) is 3.64. The molecule has 94 valence electrons. The average molecular weight is 259 g/mol. The van der Waals surface area contributed by atoms with Gasteiger partial charge < -0.3 is 4.90 Å².